The van der Waals surface area contributed by atoms with Crippen LogP contribution in [0.4, 0.5) is 5.69 Å². The molecule has 1 aromatic carbocycles. The predicted octanol–water partition coefficient (Wildman–Crippen LogP) is 2.22. The SMILES string of the molecule is CC(=O)N1c2ccc(-c3ccc(C(=O)N4CC(N)C4)nc3)cc2CC[C@@H]1C. The van der Waals surface area contributed by atoms with Gasteiger partial charge in [0.05, 0.1) is 0 Å². The average Bonchev–Trinajstić information content (AvgIpc) is 2.64. The fraction of sp³-hybridized carbons (Fsp3) is 0.381. The Morgan fingerprint density at radius 2 is 1.89 bits per heavy atom. The molecule has 4 rings (SSSR count). The van der Waals surface area contributed by atoms with E-state index < -0.39 is 0 Å². The van der Waals surface area contributed by atoms with Gasteiger partial charge in [-0.25, -0.2) is 0 Å². The Bertz CT molecular complexity index is 888. The molecule has 6 nitrogen and oxygen atoms in total. The molecule has 2 aromatic rings. The maximum atomic E-state index is 12.3. The number of benzene rings is 1. The number of hydrogen-bond donors (Lipinski definition) is 1. The molecule has 0 saturated carbocycles. The van der Waals surface area contributed by atoms with Crippen molar-refractivity contribution in [3.63, 3.8) is 0 Å². The Balaban J connectivity index is 1.57. The molecule has 1 saturated heterocycles. The van der Waals surface area contributed by atoms with E-state index in [0.717, 1.165) is 29.7 Å². The Labute approximate surface area is 159 Å². The molecule has 2 aliphatic heterocycles. The number of aromatic nitrogens is 1. The number of fused-ring (bicyclic) bond motifs is 1. The van der Waals surface area contributed by atoms with Gasteiger partial charge in [-0.05, 0) is 49.1 Å². The highest BCUT2D eigenvalue weighted by Gasteiger charge is 2.29. The van der Waals surface area contributed by atoms with Crippen molar-refractivity contribution in [2.75, 3.05) is 18.0 Å². The average molecular weight is 364 g/mol. The third kappa shape index (κ3) is 3.21. The molecule has 2 aliphatic rings. The molecular formula is C21H24N4O2. The molecule has 0 bridgehead atoms. The smallest absolute Gasteiger partial charge is 0.272 e. The van der Waals surface area contributed by atoms with E-state index in [4.69, 9.17) is 5.73 Å². The van der Waals surface area contributed by atoms with E-state index >= 15 is 0 Å². The van der Waals surface area contributed by atoms with Gasteiger partial charge in [0.25, 0.3) is 5.91 Å². The van der Waals surface area contributed by atoms with E-state index in [0.29, 0.717) is 18.8 Å². The number of rotatable bonds is 2. The van der Waals surface area contributed by atoms with Crippen molar-refractivity contribution in [2.45, 2.75) is 38.8 Å². The standard InChI is InChI=1S/C21H24N4O2/c1-13-3-4-16-9-15(6-8-20(16)25(13)14(2)26)17-5-7-19(23-10-17)21(27)24-11-18(22)12-24/h5-10,13,18H,3-4,11-12,22H2,1-2H3/t13-/m0/s1. The first-order valence-electron chi connectivity index (χ1n) is 9.38. The number of aryl methyl sites for hydroxylation is 1. The number of pyridine rings is 1. The van der Waals surface area contributed by atoms with E-state index in [-0.39, 0.29) is 23.9 Å². The molecule has 1 aromatic heterocycles. The van der Waals surface area contributed by atoms with Gasteiger partial charge in [-0.15, -0.1) is 0 Å². The molecule has 27 heavy (non-hydrogen) atoms. The third-order valence-electron chi connectivity index (χ3n) is 5.46. The Hall–Kier alpha value is -2.73. The van der Waals surface area contributed by atoms with Crippen LogP contribution in [0.15, 0.2) is 36.5 Å². The van der Waals surface area contributed by atoms with Crippen LogP contribution in [0.5, 0.6) is 0 Å². The highest BCUT2D eigenvalue weighted by molar-refractivity contribution is 5.94. The summed E-state index contributed by atoms with van der Waals surface area (Å²) in [4.78, 5) is 32.3. The fourth-order valence-corrected chi connectivity index (χ4v) is 3.94. The quantitative estimate of drug-likeness (QED) is 0.886. The number of nitrogens with zero attached hydrogens (tertiary/aromatic N) is 3. The lowest BCUT2D eigenvalue weighted by molar-refractivity contribution is -0.117. The topological polar surface area (TPSA) is 79.5 Å². The van der Waals surface area contributed by atoms with Crippen LogP contribution in [-0.2, 0) is 11.2 Å². The summed E-state index contributed by atoms with van der Waals surface area (Å²) in [6.07, 6.45) is 3.65. The molecule has 140 valence electrons. The normalized spacial score (nSPS) is 19.4. The van der Waals surface area contributed by atoms with Gasteiger partial charge in [-0.2, -0.15) is 0 Å². The second-order valence-electron chi connectivity index (χ2n) is 7.52. The van der Waals surface area contributed by atoms with Gasteiger partial charge in [0.1, 0.15) is 5.69 Å². The zero-order chi connectivity index (χ0) is 19.1. The number of carbonyl (C=O) groups is 2. The van der Waals surface area contributed by atoms with E-state index in [2.05, 4.69) is 18.0 Å². The van der Waals surface area contributed by atoms with Gasteiger partial charge >= 0.3 is 0 Å². The van der Waals surface area contributed by atoms with Crippen LogP contribution in [0.1, 0.15) is 36.3 Å². The number of amides is 2. The molecular weight excluding hydrogens is 340 g/mol. The van der Waals surface area contributed by atoms with Crippen molar-refractivity contribution in [3.05, 3.63) is 47.8 Å². The Morgan fingerprint density at radius 3 is 2.52 bits per heavy atom. The summed E-state index contributed by atoms with van der Waals surface area (Å²) in [5.41, 5.74) is 10.4. The van der Waals surface area contributed by atoms with Crippen molar-refractivity contribution in [1.82, 2.24) is 9.88 Å². The van der Waals surface area contributed by atoms with Crippen LogP contribution in [0, 0.1) is 0 Å². The first kappa shape index (κ1) is 17.7. The largest absolute Gasteiger partial charge is 0.334 e. The molecule has 2 amide bonds. The summed E-state index contributed by atoms with van der Waals surface area (Å²) in [5, 5.41) is 0. The number of hydrogen-bond acceptors (Lipinski definition) is 4. The number of carbonyl (C=O) groups excluding carboxylic acids is 2. The van der Waals surface area contributed by atoms with Crippen LogP contribution in [-0.4, -0.2) is 46.9 Å². The van der Waals surface area contributed by atoms with Crippen molar-refractivity contribution in [1.29, 1.82) is 0 Å². The number of nitrogens with two attached hydrogens (primary N) is 1. The van der Waals surface area contributed by atoms with Gasteiger partial charge in [0.15, 0.2) is 0 Å². The summed E-state index contributed by atoms with van der Waals surface area (Å²) < 4.78 is 0. The molecule has 0 radical (unpaired) electrons. The molecule has 2 N–H and O–H groups in total. The van der Waals surface area contributed by atoms with Crippen LogP contribution in [0.3, 0.4) is 0 Å². The maximum absolute atomic E-state index is 12.3. The summed E-state index contributed by atoms with van der Waals surface area (Å²) in [6, 6.07) is 10.2. The maximum Gasteiger partial charge on any atom is 0.272 e. The van der Waals surface area contributed by atoms with Gasteiger partial charge in [-0.1, -0.05) is 12.1 Å². The van der Waals surface area contributed by atoms with Crippen LogP contribution >= 0.6 is 0 Å². The number of anilines is 1. The minimum Gasteiger partial charge on any atom is -0.334 e. The lowest BCUT2D eigenvalue weighted by atomic mass is 9.93. The highest BCUT2D eigenvalue weighted by Crippen LogP contribution is 2.34. The summed E-state index contributed by atoms with van der Waals surface area (Å²) in [5.74, 6) is 0.00576. The van der Waals surface area contributed by atoms with Gasteiger partial charge in [0.2, 0.25) is 5.91 Å². The zero-order valence-corrected chi connectivity index (χ0v) is 15.7. The van der Waals surface area contributed by atoms with E-state index in [1.807, 2.05) is 23.1 Å². The minimum absolute atomic E-state index is 0.0696. The molecule has 3 heterocycles. The van der Waals surface area contributed by atoms with Gasteiger partial charge in [-0.3, -0.25) is 14.6 Å². The Morgan fingerprint density at radius 1 is 1.15 bits per heavy atom. The first-order chi connectivity index (χ1) is 12.9. The van der Waals surface area contributed by atoms with Crippen molar-refractivity contribution >= 4 is 17.5 Å². The Kier molecular flexibility index (Phi) is 4.44. The van der Waals surface area contributed by atoms with E-state index in [9.17, 15) is 9.59 Å². The zero-order valence-electron chi connectivity index (χ0n) is 15.7. The fourth-order valence-electron chi connectivity index (χ4n) is 3.94. The summed E-state index contributed by atoms with van der Waals surface area (Å²) in [7, 11) is 0. The number of likely N-dealkylation sites (tertiary alicyclic amines) is 1. The molecule has 1 fully saturated rings. The molecule has 0 aliphatic carbocycles. The molecule has 0 unspecified atom stereocenters. The van der Waals surface area contributed by atoms with Crippen LogP contribution in [0.25, 0.3) is 11.1 Å². The van der Waals surface area contributed by atoms with Crippen molar-refractivity contribution in [2.24, 2.45) is 5.73 Å². The monoisotopic (exact) mass is 364 g/mol. The van der Waals surface area contributed by atoms with Gasteiger partial charge in [0, 0.05) is 49.5 Å². The molecule has 6 heteroatoms. The van der Waals surface area contributed by atoms with Crippen molar-refractivity contribution in [3.8, 4) is 11.1 Å². The molecule has 1 atom stereocenters. The first-order valence-corrected chi connectivity index (χ1v) is 9.38. The second-order valence-corrected chi connectivity index (χ2v) is 7.52. The van der Waals surface area contributed by atoms with Crippen LogP contribution < -0.4 is 10.6 Å². The van der Waals surface area contributed by atoms with E-state index in [1.54, 1.807) is 24.1 Å². The van der Waals surface area contributed by atoms with Crippen molar-refractivity contribution < 1.29 is 9.59 Å². The highest BCUT2D eigenvalue weighted by atomic mass is 16.2. The van der Waals surface area contributed by atoms with Crippen LogP contribution in [0.2, 0.25) is 0 Å². The lowest BCUT2D eigenvalue weighted by Crippen LogP contribution is -2.57. The summed E-state index contributed by atoms with van der Waals surface area (Å²) >= 11 is 0. The van der Waals surface area contributed by atoms with Gasteiger partial charge < -0.3 is 15.5 Å². The predicted molar refractivity (Wildman–Crippen MR) is 104 cm³/mol. The summed E-state index contributed by atoms with van der Waals surface area (Å²) in [6.45, 7) is 4.89. The van der Waals surface area contributed by atoms with E-state index in [1.165, 1.54) is 5.56 Å². The minimum atomic E-state index is -0.0696. The third-order valence-corrected chi connectivity index (χ3v) is 5.46. The molecule has 0 spiro atoms. The lowest BCUT2D eigenvalue weighted by Gasteiger charge is -2.36. The second kappa shape index (κ2) is 6.78.